The number of thiazole rings is 1. The highest BCUT2D eigenvalue weighted by Crippen LogP contribution is 2.38. The average Bonchev–Trinajstić information content (AvgIpc) is 3.41. The number of hydrogen-bond acceptors (Lipinski definition) is 6. The van der Waals surface area contributed by atoms with Crippen LogP contribution in [0.2, 0.25) is 0 Å². The van der Waals surface area contributed by atoms with Crippen molar-refractivity contribution >= 4 is 39.0 Å². The Hall–Kier alpha value is -2.70. The average molecular weight is 414 g/mol. The summed E-state index contributed by atoms with van der Waals surface area (Å²) >= 11 is 1.35. The lowest BCUT2D eigenvalue weighted by atomic mass is 9.99. The lowest BCUT2D eigenvalue weighted by molar-refractivity contribution is 0.257. The molecule has 9 heteroatoms. The first-order valence-electron chi connectivity index (χ1n) is 9.06. The number of nitriles is 1. The number of fused-ring (bicyclic) bond motifs is 2. The van der Waals surface area contributed by atoms with Crippen LogP contribution in [0.3, 0.4) is 0 Å². The second kappa shape index (κ2) is 7.73. The molecule has 1 aromatic heterocycles. The Labute approximate surface area is 167 Å². The Morgan fingerprint density at radius 2 is 1.96 bits per heavy atom. The minimum atomic E-state index is -3.37. The van der Waals surface area contributed by atoms with Crippen LogP contribution in [0.15, 0.2) is 27.4 Å². The molecule has 144 valence electrons. The predicted octanol–water partition coefficient (Wildman–Crippen LogP) is 3.78. The molecule has 0 aliphatic heterocycles. The van der Waals surface area contributed by atoms with Gasteiger partial charge in [-0.15, -0.1) is 11.3 Å². The summed E-state index contributed by atoms with van der Waals surface area (Å²) in [6, 6.07) is 1.65. The van der Waals surface area contributed by atoms with Crippen LogP contribution < -0.4 is 10.0 Å². The number of rotatable bonds is 4. The summed E-state index contributed by atoms with van der Waals surface area (Å²) in [5, 5.41) is 15.4. The van der Waals surface area contributed by atoms with Crippen LogP contribution in [0.4, 0.5) is 10.5 Å². The van der Waals surface area contributed by atoms with Gasteiger partial charge in [0.15, 0.2) is 9.92 Å². The number of aromatic nitrogens is 1. The van der Waals surface area contributed by atoms with Crippen molar-refractivity contribution < 1.29 is 9.00 Å². The maximum atomic E-state index is 12.9. The minimum Gasteiger partial charge on any atom is -0.307 e. The number of amides is 2. The van der Waals surface area contributed by atoms with Crippen molar-refractivity contribution in [3.8, 4) is 6.19 Å². The number of urea groups is 1. The summed E-state index contributed by atoms with van der Waals surface area (Å²) in [5.41, 5.74) is 5.79. The van der Waals surface area contributed by atoms with Gasteiger partial charge in [0, 0.05) is 22.7 Å². The molecule has 2 aliphatic rings. The van der Waals surface area contributed by atoms with E-state index in [1.54, 1.807) is 11.6 Å². The van der Waals surface area contributed by atoms with Crippen LogP contribution >= 0.6 is 11.3 Å². The highest BCUT2D eigenvalue weighted by Gasteiger charge is 2.25. The number of aryl methyl sites for hydroxylation is 2. The molecule has 0 saturated carbocycles. The fourth-order valence-electron chi connectivity index (χ4n) is 3.85. The fourth-order valence-corrected chi connectivity index (χ4v) is 5.40. The topological polar surface area (TPSA) is 107 Å². The Kier molecular flexibility index (Phi) is 5.15. The third-order valence-corrected chi connectivity index (χ3v) is 7.05. The van der Waals surface area contributed by atoms with Gasteiger partial charge >= 0.3 is 6.03 Å². The number of nitrogens with zero attached hydrogens (tertiary/aromatic N) is 3. The third kappa shape index (κ3) is 3.79. The summed E-state index contributed by atoms with van der Waals surface area (Å²) in [7, 11) is -3.37. The van der Waals surface area contributed by atoms with Crippen LogP contribution in [0.25, 0.3) is 6.08 Å². The second-order valence-electron chi connectivity index (χ2n) is 6.72. The lowest BCUT2D eigenvalue weighted by Crippen LogP contribution is -2.33. The van der Waals surface area contributed by atoms with Crippen LogP contribution in [0.1, 0.15) is 40.1 Å². The van der Waals surface area contributed by atoms with E-state index in [-0.39, 0.29) is 0 Å². The summed E-state index contributed by atoms with van der Waals surface area (Å²) in [5.74, 6) is 0. The molecule has 2 N–H and O–H groups in total. The van der Waals surface area contributed by atoms with Crippen molar-refractivity contribution in [3.05, 3.63) is 50.3 Å². The zero-order valence-electron chi connectivity index (χ0n) is 15.1. The zero-order chi connectivity index (χ0) is 19.6. The highest BCUT2D eigenvalue weighted by atomic mass is 32.2. The molecule has 0 spiro atoms. The molecule has 2 aliphatic carbocycles. The SMILES string of the molecule is N#CN=S(=O)(/C=C/c1nccs1)NC(=O)Nc1c2c(cc3c1CCC3)CCC2. The minimum absolute atomic E-state index is 0.613. The normalized spacial score (nSPS) is 16.8. The van der Waals surface area contributed by atoms with Crippen molar-refractivity contribution in [1.82, 2.24) is 9.71 Å². The van der Waals surface area contributed by atoms with E-state index in [1.165, 1.54) is 51.3 Å². The van der Waals surface area contributed by atoms with E-state index in [1.807, 2.05) is 0 Å². The van der Waals surface area contributed by atoms with E-state index >= 15 is 0 Å². The van der Waals surface area contributed by atoms with Gasteiger partial charge < -0.3 is 5.32 Å². The summed E-state index contributed by atoms with van der Waals surface area (Å²) in [6.07, 6.45) is 10.7. The molecule has 2 amide bonds. The number of carbonyl (C=O) groups is 1. The Bertz CT molecular complexity index is 1070. The molecule has 2 aromatic rings. The molecule has 28 heavy (non-hydrogen) atoms. The van der Waals surface area contributed by atoms with E-state index in [9.17, 15) is 9.00 Å². The van der Waals surface area contributed by atoms with Gasteiger partial charge in [0.05, 0.1) is 0 Å². The first-order chi connectivity index (χ1) is 13.6. The summed E-state index contributed by atoms with van der Waals surface area (Å²) in [6.45, 7) is 0. The monoisotopic (exact) mass is 413 g/mol. The number of anilines is 1. The van der Waals surface area contributed by atoms with Crippen LogP contribution in [0.5, 0.6) is 0 Å². The van der Waals surface area contributed by atoms with Crippen molar-refractivity contribution in [2.45, 2.75) is 38.5 Å². The van der Waals surface area contributed by atoms with Crippen LogP contribution in [-0.2, 0) is 35.6 Å². The second-order valence-corrected chi connectivity index (χ2v) is 9.45. The molecular weight excluding hydrogens is 394 g/mol. The number of nitrogens with one attached hydrogen (secondary N) is 2. The Morgan fingerprint density at radius 3 is 2.57 bits per heavy atom. The molecule has 1 heterocycles. The Balaban J connectivity index is 1.58. The van der Waals surface area contributed by atoms with Gasteiger partial charge in [0.25, 0.3) is 0 Å². The van der Waals surface area contributed by atoms with E-state index in [0.29, 0.717) is 5.01 Å². The first kappa shape index (κ1) is 18.7. The number of carbonyl (C=O) groups excluding carboxylic acids is 1. The lowest BCUT2D eigenvalue weighted by Gasteiger charge is -2.16. The highest BCUT2D eigenvalue weighted by molar-refractivity contribution is 7.95. The quantitative estimate of drug-likeness (QED) is 0.744. The number of hydrogen-bond donors (Lipinski definition) is 2. The molecule has 0 saturated heterocycles. The molecule has 0 bridgehead atoms. The molecule has 1 atom stereocenters. The van der Waals surface area contributed by atoms with Crippen molar-refractivity contribution in [2.24, 2.45) is 4.36 Å². The van der Waals surface area contributed by atoms with Gasteiger partial charge in [0.1, 0.15) is 5.01 Å². The van der Waals surface area contributed by atoms with Gasteiger partial charge in [-0.3, -0.25) is 0 Å². The molecule has 1 aromatic carbocycles. The largest absolute Gasteiger partial charge is 0.331 e. The molecule has 7 nitrogen and oxygen atoms in total. The molecule has 0 radical (unpaired) electrons. The van der Waals surface area contributed by atoms with Crippen molar-refractivity contribution in [3.63, 3.8) is 0 Å². The van der Waals surface area contributed by atoms with Crippen molar-refractivity contribution in [2.75, 3.05) is 5.32 Å². The van der Waals surface area contributed by atoms with Crippen LogP contribution in [0, 0.1) is 11.5 Å². The third-order valence-electron chi connectivity index (χ3n) is 4.97. The van der Waals surface area contributed by atoms with E-state index in [2.05, 4.69) is 25.5 Å². The maximum absolute atomic E-state index is 12.9. The molecular formula is C19H19N5O2S2. The fraction of sp³-hybridized carbons (Fsp3) is 0.316. The van der Waals surface area contributed by atoms with Gasteiger partial charge in [-0.2, -0.15) is 5.26 Å². The van der Waals surface area contributed by atoms with E-state index in [4.69, 9.17) is 5.26 Å². The number of benzene rings is 1. The summed E-state index contributed by atoms with van der Waals surface area (Å²) < 4.78 is 18.7. The van der Waals surface area contributed by atoms with Crippen molar-refractivity contribution in [1.29, 1.82) is 5.26 Å². The maximum Gasteiger partial charge on any atom is 0.331 e. The van der Waals surface area contributed by atoms with E-state index < -0.39 is 15.9 Å². The zero-order valence-corrected chi connectivity index (χ0v) is 16.7. The predicted molar refractivity (Wildman–Crippen MR) is 110 cm³/mol. The van der Waals surface area contributed by atoms with Gasteiger partial charge in [-0.05, 0) is 66.9 Å². The molecule has 4 rings (SSSR count). The van der Waals surface area contributed by atoms with Crippen LogP contribution in [-0.4, -0.2) is 15.2 Å². The van der Waals surface area contributed by atoms with Gasteiger partial charge in [-0.1, -0.05) is 10.4 Å². The Morgan fingerprint density at radius 1 is 1.25 bits per heavy atom. The smallest absolute Gasteiger partial charge is 0.307 e. The standard InChI is InChI=1S/C19H19N5O2S2/c20-12-22-28(26,10-7-17-21-8-9-27-17)24-19(25)23-18-15-5-1-3-13(15)11-14-4-2-6-16(14)18/h7-11H,1-6H2,(H2,22,23,24,25,26)/b10-7+. The van der Waals surface area contributed by atoms with Gasteiger partial charge in [-0.25, -0.2) is 18.7 Å². The molecule has 1 unspecified atom stereocenters. The van der Waals surface area contributed by atoms with Gasteiger partial charge in [0.2, 0.25) is 6.19 Å². The first-order valence-corrected chi connectivity index (χ1v) is 11.5. The molecule has 0 fully saturated rings. The summed E-state index contributed by atoms with van der Waals surface area (Å²) in [4.78, 5) is 16.7. The van der Waals surface area contributed by atoms with E-state index in [0.717, 1.165) is 44.2 Å².